The Hall–Kier alpha value is 0.0943. The van der Waals surface area contributed by atoms with E-state index in [-0.39, 0.29) is 18.9 Å². The molecule has 0 aromatic rings. The molecule has 0 saturated carbocycles. The third-order valence-electron chi connectivity index (χ3n) is 2.45. The second-order valence-electron chi connectivity index (χ2n) is 4.52. The van der Waals surface area contributed by atoms with E-state index in [1.165, 1.54) is 0 Å². The Kier molecular flexibility index (Phi) is 6.88. The van der Waals surface area contributed by atoms with Crippen LogP contribution in [0.25, 0.3) is 4.98 Å². The quantitative estimate of drug-likeness (QED) is 0.466. The van der Waals surface area contributed by atoms with Gasteiger partial charge in [0.15, 0.2) is 0 Å². The zero-order chi connectivity index (χ0) is 9.83. The molecule has 0 aromatic heterocycles. The monoisotopic (exact) mass is 189 g/mol. The first-order chi connectivity index (χ1) is 5.31. The predicted octanol–water partition coefficient (Wildman–Crippen LogP) is 1.07. The molecule has 0 aromatic carbocycles. The summed E-state index contributed by atoms with van der Waals surface area (Å²) in [4.78, 5) is 4.60. The van der Waals surface area contributed by atoms with E-state index in [1.807, 2.05) is 12.3 Å². The zero-order valence-corrected chi connectivity index (χ0v) is 10.9. The van der Waals surface area contributed by atoms with E-state index in [4.69, 9.17) is 0 Å². The van der Waals surface area contributed by atoms with Gasteiger partial charge in [0.2, 0.25) is 0 Å². The summed E-state index contributed by atoms with van der Waals surface area (Å²) in [5, 5.41) is 0.332. The summed E-state index contributed by atoms with van der Waals surface area (Å²) in [5.74, 6) is 0. The minimum absolute atomic E-state index is 0. The van der Waals surface area contributed by atoms with Crippen molar-refractivity contribution < 1.29 is 18.9 Å². The van der Waals surface area contributed by atoms with Crippen molar-refractivity contribution in [3.63, 3.8) is 0 Å². The molecule has 0 aliphatic rings. The van der Waals surface area contributed by atoms with E-state index in [2.05, 4.69) is 45.4 Å². The average molecular weight is 189 g/mol. The molecule has 0 aliphatic heterocycles. The van der Waals surface area contributed by atoms with Crippen molar-refractivity contribution in [2.24, 2.45) is 0 Å². The van der Waals surface area contributed by atoms with Gasteiger partial charge in [-0.05, 0) is 8.24 Å². The van der Waals surface area contributed by atoms with Gasteiger partial charge in [0, 0.05) is 0 Å². The molecule has 0 amide bonds. The molecule has 70 valence electrons. The molecule has 0 aliphatic carbocycles. The van der Waals surface area contributed by atoms with Crippen LogP contribution in [0.4, 0.5) is 0 Å². The maximum absolute atomic E-state index is 4.60. The summed E-state index contributed by atoms with van der Waals surface area (Å²) in [6.07, 6.45) is 5.53. The molecule has 1 nitrogen and oxygen atoms in total. The smallest absolute Gasteiger partial charge is 0.693 e. The standard InChI is InChI=1S/C10H20NSi.Li/c1-7-8-9-11-12(5,6)10(2,3)4;/h7-9H,1H2,2-6H3;/q-1;+1/b9-8+;. The van der Waals surface area contributed by atoms with Crippen LogP contribution in [-0.4, -0.2) is 8.24 Å². The van der Waals surface area contributed by atoms with E-state index in [0.29, 0.717) is 5.04 Å². The maximum Gasteiger partial charge on any atom is 1.00 e. The van der Waals surface area contributed by atoms with Gasteiger partial charge in [-0.2, -0.15) is 6.20 Å². The fourth-order valence-corrected chi connectivity index (χ4v) is 1.33. The number of nitrogens with zero attached hydrogens (tertiary/aromatic N) is 1. The topological polar surface area (TPSA) is 14.1 Å². The Morgan fingerprint density at radius 1 is 1.23 bits per heavy atom. The zero-order valence-electron chi connectivity index (χ0n) is 9.89. The van der Waals surface area contributed by atoms with Crippen molar-refractivity contribution in [1.82, 2.24) is 0 Å². The average Bonchev–Trinajstić information content (AvgIpc) is 1.85. The molecular weight excluding hydrogens is 169 g/mol. The summed E-state index contributed by atoms with van der Waals surface area (Å²) < 4.78 is 0. The number of rotatable bonds is 3. The third kappa shape index (κ3) is 5.41. The van der Waals surface area contributed by atoms with Crippen molar-refractivity contribution in [3.05, 3.63) is 29.9 Å². The van der Waals surface area contributed by atoms with Crippen molar-refractivity contribution in [2.75, 3.05) is 0 Å². The molecule has 13 heavy (non-hydrogen) atoms. The van der Waals surface area contributed by atoms with Crippen LogP contribution in [0.3, 0.4) is 0 Å². The first kappa shape index (κ1) is 15.6. The summed E-state index contributed by atoms with van der Waals surface area (Å²) in [6.45, 7) is 14.9. The first-order valence-electron chi connectivity index (χ1n) is 4.31. The minimum Gasteiger partial charge on any atom is -0.693 e. The van der Waals surface area contributed by atoms with Crippen LogP contribution in [0.15, 0.2) is 24.9 Å². The van der Waals surface area contributed by atoms with Crippen LogP contribution in [0, 0.1) is 0 Å². The second kappa shape index (κ2) is 5.75. The van der Waals surface area contributed by atoms with Gasteiger partial charge in [-0.1, -0.05) is 57.6 Å². The van der Waals surface area contributed by atoms with Gasteiger partial charge in [-0.15, -0.1) is 0 Å². The molecule has 0 radical (unpaired) electrons. The molecule has 0 rings (SSSR count). The Morgan fingerprint density at radius 3 is 2.00 bits per heavy atom. The van der Waals surface area contributed by atoms with Crippen molar-refractivity contribution >= 4 is 8.24 Å². The molecule has 0 heterocycles. The summed E-state index contributed by atoms with van der Waals surface area (Å²) >= 11 is 0. The fraction of sp³-hybridized carbons (Fsp3) is 0.600. The van der Waals surface area contributed by atoms with Crippen LogP contribution in [0.2, 0.25) is 18.1 Å². The van der Waals surface area contributed by atoms with Gasteiger partial charge in [0.05, 0.1) is 0 Å². The SMILES string of the molecule is C=C/C=C/[N-][Si](C)(C)C(C)(C)C.[Li+]. The van der Waals surface area contributed by atoms with Gasteiger partial charge >= 0.3 is 18.9 Å². The van der Waals surface area contributed by atoms with E-state index in [1.54, 1.807) is 6.08 Å². The normalized spacial score (nSPS) is 12.4. The molecule has 0 spiro atoms. The van der Waals surface area contributed by atoms with Crippen molar-refractivity contribution in [2.45, 2.75) is 38.9 Å². The Bertz CT molecular complexity index is 180. The first-order valence-corrected chi connectivity index (χ1v) is 7.25. The largest absolute Gasteiger partial charge is 1.00 e. The summed E-state index contributed by atoms with van der Waals surface area (Å²) in [5.41, 5.74) is 0. The number of hydrogen-bond acceptors (Lipinski definition) is 0. The van der Waals surface area contributed by atoms with Gasteiger partial charge < -0.3 is 4.98 Å². The Morgan fingerprint density at radius 2 is 1.69 bits per heavy atom. The van der Waals surface area contributed by atoms with E-state index < -0.39 is 8.24 Å². The van der Waals surface area contributed by atoms with Gasteiger partial charge in [-0.3, -0.25) is 0 Å². The van der Waals surface area contributed by atoms with Crippen molar-refractivity contribution in [1.29, 1.82) is 0 Å². The molecule has 0 N–H and O–H groups in total. The van der Waals surface area contributed by atoms with Crippen LogP contribution in [-0.2, 0) is 0 Å². The molecule has 0 bridgehead atoms. The molecule has 0 fully saturated rings. The van der Waals surface area contributed by atoms with E-state index >= 15 is 0 Å². The molecule has 0 atom stereocenters. The number of hydrogen-bond donors (Lipinski definition) is 0. The molecule has 3 heteroatoms. The predicted molar refractivity (Wildman–Crippen MR) is 59.9 cm³/mol. The second-order valence-corrected chi connectivity index (χ2v) is 9.39. The summed E-state index contributed by atoms with van der Waals surface area (Å²) in [6, 6.07) is 0. The van der Waals surface area contributed by atoms with Crippen molar-refractivity contribution in [3.8, 4) is 0 Å². The Balaban J connectivity index is 0. The fourth-order valence-electron chi connectivity index (χ4n) is 0.484. The molecule has 0 unspecified atom stereocenters. The van der Waals surface area contributed by atoms with Crippen LogP contribution in [0.5, 0.6) is 0 Å². The maximum atomic E-state index is 4.60. The van der Waals surface area contributed by atoms with Crippen LogP contribution in [0.1, 0.15) is 20.8 Å². The van der Waals surface area contributed by atoms with Gasteiger partial charge in [0.1, 0.15) is 0 Å². The van der Waals surface area contributed by atoms with Crippen LogP contribution < -0.4 is 18.9 Å². The van der Waals surface area contributed by atoms with Crippen LogP contribution >= 0.6 is 0 Å². The van der Waals surface area contributed by atoms with E-state index in [9.17, 15) is 0 Å². The third-order valence-corrected chi connectivity index (χ3v) is 6.92. The molecular formula is C10H20LiNSi. The van der Waals surface area contributed by atoms with Gasteiger partial charge in [-0.25, -0.2) is 0 Å². The molecule has 0 saturated heterocycles. The Labute approximate surface area is 96.0 Å². The van der Waals surface area contributed by atoms with E-state index in [0.717, 1.165) is 0 Å². The number of allylic oxidation sites excluding steroid dienone is 2. The van der Waals surface area contributed by atoms with Gasteiger partial charge in [0.25, 0.3) is 0 Å². The summed E-state index contributed by atoms with van der Waals surface area (Å²) in [7, 11) is -1.45. The minimum atomic E-state index is -1.45.